The van der Waals surface area contributed by atoms with E-state index in [-0.39, 0.29) is 18.5 Å². The smallest absolute Gasteiger partial charge is 0.305 e. The molecular formula is C69H129NO5. The van der Waals surface area contributed by atoms with Crippen molar-refractivity contribution in [2.45, 2.75) is 366 Å². The average molecular weight is 1050 g/mol. The molecule has 0 fully saturated rings. The Labute approximate surface area is 467 Å². The van der Waals surface area contributed by atoms with Crippen LogP contribution in [0.1, 0.15) is 354 Å². The number of nitrogens with one attached hydrogen (secondary N) is 1. The quantitative estimate of drug-likeness (QED) is 0.0320. The van der Waals surface area contributed by atoms with Crippen LogP contribution in [0, 0.1) is 0 Å². The molecule has 0 aliphatic carbocycles. The van der Waals surface area contributed by atoms with Crippen molar-refractivity contribution in [1.82, 2.24) is 5.32 Å². The molecule has 0 aliphatic rings. The molecule has 6 heteroatoms. The lowest BCUT2D eigenvalue weighted by atomic mass is 10.0. The highest BCUT2D eigenvalue weighted by atomic mass is 16.5. The average Bonchev–Trinajstić information content (AvgIpc) is 3.41. The van der Waals surface area contributed by atoms with Gasteiger partial charge in [0.2, 0.25) is 5.91 Å². The molecule has 0 bridgehead atoms. The summed E-state index contributed by atoms with van der Waals surface area (Å²) >= 11 is 0. The molecule has 0 spiro atoms. The van der Waals surface area contributed by atoms with Crippen molar-refractivity contribution in [2.24, 2.45) is 0 Å². The Hall–Kier alpha value is -2.18. The van der Waals surface area contributed by atoms with E-state index in [4.69, 9.17) is 4.74 Å². The van der Waals surface area contributed by atoms with Gasteiger partial charge in [-0.3, -0.25) is 9.59 Å². The molecule has 0 heterocycles. The van der Waals surface area contributed by atoms with E-state index in [0.717, 1.165) is 64.2 Å². The molecule has 1 amide bonds. The van der Waals surface area contributed by atoms with Crippen LogP contribution in [-0.2, 0) is 14.3 Å². The van der Waals surface area contributed by atoms with Crippen LogP contribution in [0.15, 0.2) is 48.6 Å². The van der Waals surface area contributed by atoms with E-state index in [9.17, 15) is 19.8 Å². The highest BCUT2D eigenvalue weighted by molar-refractivity contribution is 5.76. The van der Waals surface area contributed by atoms with E-state index in [2.05, 4.69) is 55.6 Å². The van der Waals surface area contributed by atoms with Gasteiger partial charge >= 0.3 is 5.97 Å². The van der Waals surface area contributed by atoms with Gasteiger partial charge in [-0.2, -0.15) is 0 Å². The summed E-state index contributed by atoms with van der Waals surface area (Å²) in [7, 11) is 0. The van der Waals surface area contributed by atoms with Gasteiger partial charge in [0, 0.05) is 12.8 Å². The van der Waals surface area contributed by atoms with Crippen molar-refractivity contribution < 1.29 is 24.5 Å². The highest BCUT2D eigenvalue weighted by Crippen LogP contribution is 2.17. The van der Waals surface area contributed by atoms with Gasteiger partial charge in [0.05, 0.1) is 25.4 Å². The van der Waals surface area contributed by atoms with Crippen molar-refractivity contribution in [1.29, 1.82) is 0 Å². The third-order valence-electron chi connectivity index (χ3n) is 15.3. The number of hydrogen-bond donors (Lipinski definition) is 3. The molecule has 0 aromatic heterocycles. The second kappa shape index (κ2) is 64.3. The maximum absolute atomic E-state index is 12.5. The number of aliphatic hydroxyl groups is 2. The lowest BCUT2D eigenvalue weighted by molar-refractivity contribution is -0.143. The van der Waals surface area contributed by atoms with E-state index in [0.29, 0.717) is 19.4 Å². The fourth-order valence-corrected chi connectivity index (χ4v) is 10.2. The molecule has 0 saturated carbocycles. The van der Waals surface area contributed by atoms with Crippen molar-refractivity contribution in [3.8, 4) is 0 Å². The van der Waals surface area contributed by atoms with Gasteiger partial charge in [-0.05, 0) is 89.9 Å². The Morgan fingerprint density at radius 3 is 1.03 bits per heavy atom. The Bertz CT molecular complexity index is 1260. The largest absolute Gasteiger partial charge is 0.466 e. The molecule has 440 valence electrons. The fourth-order valence-electron chi connectivity index (χ4n) is 10.2. The fraction of sp³-hybridized carbons (Fsp3) is 0.855. The first kappa shape index (κ1) is 72.8. The molecule has 2 unspecified atom stereocenters. The van der Waals surface area contributed by atoms with Gasteiger partial charge in [0.15, 0.2) is 0 Å². The van der Waals surface area contributed by atoms with Gasteiger partial charge in [-0.1, -0.05) is 300 Å². The van der Waals surface area contributed by atoms with Crippen LogP contribution in [0.25, 0.3) is 0 Å². The highest BCUT2D eigenvalue weighted by Gasteiger charge is 2.18. The number of aliphatic hydroxyl groups excluding tert-OH is 2. The van der Waals surface area contributed by atoms with Gasteiger partial charge < -0.3 is 20.3 Å². The lowest BCUT2D eigenvalue weighted by Gasteiger charge is -2.20. The van der Waals surface area contributed by atoms with Gasteiger partial charge in [0.25, 0.3) is 0 Å². The number of carbonyl (C=O) groups is 2. The number of allylic oxidation sites excluding steroid dienone is 7. The predicted octanol–water partition coefficient (Wildman–Crippen LogP) is 21.3. The zero-order valence-corrected chi connectivity index (χ0v) is 50.3. The monoisotopic (exact) mass is 1050 g/mol. The minimum Gasteiger partial charge on any atom is -0.466 e. The first-order chi connectivity index (χ1) is 37.0. The summed E-state index contributed by atoms with van der Waals surface area (Å²) in [6.45, 7) is 4.90. The van der Waals surface area contributed by atoms with Gasteiger partial charge in [0.1, 0.15) is 0 Å². The zero-order chi connectivity index (χ0) is 54.3. The molecule has 3 N–H and O–H groups in total. The first-order valence-electron chi connectivity index (χ1n) is 33.4. The van der Waals surface area contributed by atoms with Crippen molar-refractivity contribution in [3.63, 3.8) is 0 Å². The molecule has 0 aromatic carbocycles. The second-order valence-electron chi connectivity index (χ2n) is 22.8. The molecule has 0 saturated heterocycles. The maximum atomic E-state index is 12.5. The lowest BCUT2D eigenvalue weighted by Crippen LogP contribution is -2.45. The van der Waals surface area contributed by atoms with E-state index in [1.54, 1.807) is 6.08 Å². The van der Waals surface area contributed by atoms with E-state index < -0.39 is 12.1 Å². The third kappa shape index (κ3) is 60.9. The number of carbonyl (C=O) groups excluding carboxylic acids is 2. The molecule has 0 aliphatic heterocycles. The number of amides is 1. The number of rotatable bonds is 62. The topological polar surface area (TPSA) is 95.9 Å². The molecule has 0 aromatic rings. The molecule has 0 rings (SSSR count). The minimum atomic E-state index is -0.853. The summed E-state index contributed by atoms with van der Waals surface area (Å²) in [4.78, 5) is 24.6. The summed E-state index contributed by atoms with van der Waals surface area (Å²) in [5.41, 5.74) is 0. The first-order valence-corrected chi connectivity index (χ1v) is 33.4. The molecule has 75 heavy (non-hydrogen) atoms. The third-order valence-corrected chi connectivity index (χ3v) is 15.3. The predicted molar refractivity (Wildman–Crippen MR) is 329 cm³/mol. The van der Waals surface area contributed by atoms with Gasteiger partial charge in [-0.15, -0.1) is 0 Å². The minimum absolute atomic E-state index is 0.00201. The Kier molecular flexibility index (Phi) is 62.5. The standard InChI is InChI=1S/C69H129NO5/c1-3-5-7-9-11-13-15-17-19-20-21-25-28-31-34-37-41-45-49-53-57-61-67(72)66(65-71)70-68(73)62-58-54-50-46-42-38-35-32-29-26-23-22-24-27-30-33-36-40-44-48-52-56-60-64-75-69(74)63-59-55-51-47-43-39-18-16-14-12-10-8-6-4-2/h16,18,22,24,26,29,57,61,66-67,71-72H,3-15,17,19-21,23,25,27-28,30-56,58-60,62-65H2,1-2H3,(H,70,73)/b18-16-,24-22-,29-26-,61-57+. The summed E-state index contributed by atoms with van der Waals surface area (Å²) in [5.74, 6) is -0.0781. The SMILES string of the molecule is CCCCCCC/C=C\CCCCCCCC(=O)OCCCCCCCCCCC/C=C\C/C=C\CCCCCCCCCC(=O)NC(CO)C(O)/C=C/CCCCCCCCCCCCCCCCCCCCC. The van der Waals surface area contributed by atoms with Crippen LogP contribution in [0.3, 0.4) is 0 Å². The molecular weight excluding hydrogens is 923 g/mol. The van der Waals surface area contributed by atoms with Crippen LogP contribution < -0.4 is 5.32 Å². The summed E-state index contributed by atoms with van der Waals surface area (Å²) in [6.07, 6.45) is 83.1. The summed E-state index contributed by atoms with van der Waals surface area (Å²) in [6, 6.07) is -0.637. The van der Waals surface area contributed by atoms with Crippen LogP contribution in [0.2, 0.25) is 0 Å². The van der Waals surface area contributed by atoms with Crippen molar-refractivity contribution in [3.05, 3.63) is 48.6 Å². The molecule has 2 atom stereocenters. The van der Waals surface area contributed by atoms with E-state index >= 15 is 0 Å². The van der Waals surface area contributed by atoms with Crippen LogP contribution in [0.4, 0.5) is 0 Å². The maximum Gasteiger partial charge on any atom is 0.305 e. The van der Waals surface area contributed by atoms with E-state index in [1.807, 2.05) is 6.08 Å². The van der Waals surface area contributed by atoms with E-state index in [1.165, 1.54) is 263 Å². The Morgan fingerprint density at radius 2 is 0.667 bits per heavy atom. The normalized spacial score (nSPS) is 12.9. The van der Waals surface area contributed by atoms with Crippen molar-refractivity contribution >= 4 is 11.9 Å². The summed E-state index contributed by atoms with van der Waals surface area (Å²) < 4.78 is 5.47. The number of hydrogen-bond acceptors (Lipinski definition) is 5. The number of esters is 1. The summed E-state index contributed by atoms with van der Waals surface area (Å²) in [5, 5.41) is 23.2. The molecule has 0 radical (unpaired) electrons. The van der Waals surface area contributed by atoms with Crippen LogP contribution in [-0.4, -0.2) is 47.4 Å². The molecule has 6 nitrogen and oxygen atoms in total. The zero-order valence-electron chi connectivity index (χ0n) is 50.3. The van der Waals surface area contributed by atoms with Gasteiger partial charge in [-0.25, -0.2) is 0 Å². The second-order valence-corrected chi connectivity index (χ2v) is 22.8. The van der Waals surface area contributed by atoms with Crippen LogP contribution >= 0.6 is 0 Å². The number of ether oxygens (including phenoxy) is 1. The Balaban J connectivity index is 3.48. The van der Waals surface area contributed by atoms with Crippen LogP contribution in [0.5, 0.6) is 0 Å². The van der Waals surface area contributed by atoms with Crippen molar-refractivity contribution in [2.75, 3.05) is 13.2 Å². The number of unbranched alkanes of at least 4 members (excludes halogenated alkanes) is 45. The Morgan fingerprint density at radius 1 is 0.373 bits per heavy atom.